The van der Waals surface area contributed by atoms with Gasteiger partial charge in [-0.15, -0.1) is 0 Å². The first kappa shape index (κ1) is 8.52. The molecule has 0 radical (unpaired) electrons. The van der Waals surface area contributed by atoms with E-state index < -0.39 is 0 Å². The highest BCUT2D eigenvalue weighted by Crippen LogP contribution is 2.65. The molecule has 1 fully saturated rings. The van der Waals surface area contributed by atoms with Crippen LogP contribution in [0.1, 0.15) is 27.2 Å². The molecule has 0 heterocycles. The van der Waals surface area contributed by atoms with Crippen molar-refractivity contribution in [1.29, 1.82) is 0 Å². The molecular weight excluding hydrogens is 168 g/mol. The molecule has 3 rings (SSSR count). The Kier molecular flexibility index (Phi) is 1.36. The van der Waals surface area contributed by atoms with Crippen LogP contribution in [0.3, 0.4) is 0 Å². The second-order valence-corrected chi connectivity index (χ2v) is 5.39. The van der Waals surface area contributed by atoms with Crippen LogP contribution in [0.4, 0.5) is 0 Å². The van der Waals surface area contributed by atoms with Gasteiger partial charge < -0.3 is 0 Å². The van der Waals surface area contributed by atoms with E-state index in [1.165, 1.54) is 12.0 Å². The van der Waals surface area contributed by atoms with Crippen molar-refractivity contribution in [3.8, 4) is 0 Å². The normalized spacial score (nSPS) is 49.4. The van der Waals surface area contributed by atoms with Crippen molar-refractivity contribution in [3.63, 3.8) is 0 Å². The first-order valence-electron chi connectivity index (χ1n) is 5.62. The van der Waals surface area contributed by atoms with Crippen molar-refractivity contribution < 1.29 is 0 Å². The van der Waals surface area contributed by atoms with Crippen LogP contribution in [0.25, 0.3) is 0 Å². The van der Waals surface area contributed by atoms with E-state index in [0.29, 0.717) is 11.3 Å². The molecule has 1 saturated carbocycles. The van der Waals surface area contributed by atoms with Gasteiger partial charge in [-0.3, -0.25) is 0 Å². The lowest BCUT2D eigenvalue weighted by Crippen LogP contribution is -2.22. The van der Waals surface area contributed by atoms with E-state index in [-0.39, 0.29) is 0 Å². The predicted molar refractivity (Wildman–Crippen MR) is 59.8 cm³/mol. The molecule has 3 aliphatic rings. The van der Waals surface area contributed by atoms with Gasteiger partial charge in [0.05, 0.1) is 0 Å². The van der Waals surface area contributed by atoms with Crippen LogP contribution in [0.5, 0.6) is 0 Å². The van der Waals surface area contributed by atoms with Crippen molar-refractivity contribution in [2.45, 2.75) is 27.2 Å². The number of hydrogen-bond donors (Lipinski definition) is 0. The quantitative estimate of drug-likeness (QED) is 0.506. The molecule has 0 amide bonds. The molecule has 0 aromatic carbocycles. The minimum Gasteiger partial charge on any atom is -0.0984 e. The van der Waals surface area contributed by atoms with Crippen LogP contribution in [0.2, 0.25) is 0 Å². The van der Waals surface area contributed by atoms with Crippen molar-refractivity contribution in [2.24, 2.45) is 23.2 Å². The van der Waals surface area contributed by atoms with Gasteiger partial charge in [-0.25, -0.2) is 0 Å². The Labute approximate surface area is 86.4 Å². The third kappa shape index (κ3) is 0.657. The number of allylic oxidation sites excluding steroid dienone is 5. The van der Waals surface area contributed by atoms with Crippen LogP contribution in [0.15, 0.2) is 35.5 Å². The molecule has 0 aromatic rings. The standard InChI is InChI=1S/C14H18/c1-8-9(2)14(4)10(3)11-5-6-12(8)13(14)7-11/h5-6,11-13H,3,7H2,1-2,4H3/t11-,12-,13-,14-/m1/s1. The highest BCUT2D eigenvalue weighted by Gasteiger charge is 2.56. The fourth-order valence-corrected chi connectivity index (χ4v) is 3.99. The van der Waals surface area contributed by atoms with E-state index in [2.05, 4.69) is 39.5 Å². The second-order valence-electron chi connectivity index (χ2n) is 5.39. The number of rotatable bonds is 0. The lowest BCUT2D eigenvalue weighted by atomic mass is 9.74. The van der Waals surface area contributed by atoms with Crippen LogP contribution in [-0.2, 0) is 0 Å². The van der Waals surface area contributed by atoms with E-state index in [9.17, 15) is 0 Å². The third-order valence-corrected chi connectivity index (χ3v) is 5.22. The topological polar surface area (TPSA) is 0 Å². The van der Waals surface area contributed by atoms with Gasteiger partial charge in [0.1, 0.15) is 0 Å². The van der Waals surface area contributed by atoms with E-state index >= 15 is 0 Å². The molecule has 0 saturated heterocycles. The summed E-state index contributed by atoms with van der Waals surface area (Å²) in [5, 5.41) is 0. The van der Waals surface area contributed by atoms with Gasteiger partial charge in [0.2, 0.25) is 0 Å². The predicted octanol–water partition coefficient (Wildman–Crippen LogP) is 3.72. The fourth-order valence-electron chi connectivity index (χ4n) is 3.99. The van der Waals surface area contributed by atoms with Crippen molar-refractivity contribution in [3.05, 3.63) is 35.5 Å². The molecule has 0 aliphatic heterocycles. The van der Waals surface area contributed by atoms with Crippen LogP contribution >= 0.6 is 0 Å². The molecular formula is C14H18. The minimum absolute atomic E-state index is 0.322. The Bertz CT molecular complexity index is 383. The van der Waals surface area contributed by atoms with E-state index in [0.717, 1.165) is 11.8 Å². The summed E-state index contributed by atoms with van der Waals surface area (Å²) in [6, 6.07) is 0. The first-order chi connectivity index (χ1) is 6.56. The molecule has 4 atom stereocenters. The average molecular weight is 186 g/mol. The van der Waals surface area contributed by atoms with Crippen LogP contribution < -0.4 is 0 Å². The molecule has 74 valence electrons. The Hall–Kier alpha value is -0.780. The summed E-state index contributed by atoms with van der Waals surface area (Å²) in [7, 11) is 0. The molecule has 0 aromatic heterocycles. The van der Waals surface area contributed by atoms with E-state index in [1.54, 1.807) is 11.1 Å². The van der Waals surface area contributed by atoms with Gasteiger partial charge in [-0.2, -0.15) is 0 Å². The third-order valence-electron chi connectivity index (χ3n) is 5.22. The molecule has 0 N–H and O–H groups in total. The van der Waals surface area contributed by atoms with E-state index in [4.69, 9.17) is 0 Å². The van der Waals surface area contributed by atoms with Gasteiger partial charge >= 0.3 is 0 Å². The molecule has 0 nitrogen and oxygen atoms in total. The summed E-state index contributed by atoms with van der Waals surface area (Å²) in [5.41, 5.74) is 5.00. The summed E-state index contributed by atoms with van der Waals surface area (Å²) in [6.45, 7) is 11.4. The fraction of sp³-hybridized carbons (Fsp3) is 0.571. The lowest BCUT2D eigenvalue weighted by molar-refractivity contribution is 0.312. The smallest absolute Gasteiger partial charge is 0.0133 e. The summed E-state index contributed by atoms with van der Waals surface area (Å²) in [5.74, 6) is 2.21. The zero-order valence-corrected chi connectivity index (χ0v) is 9.30. The lowest BCUT2D eigenvalue weighted by Gasteiger charge is -2.29. The average Bonchev–Trinajstić information content (AvgIpc) is 2.51. The van der Waals surface area contributed by atoms with Gasteiger partial charge in [0, 0.05) is 11.3 Å². The highest BCUT2D eigenvalue weighted by atomic mass is 14.6. The number of hydrogen-bond acceptors (Lipinski definition) is 0. The largest absolute Gasteiger partial charge is 0.0984 e. The summed E-state index contributed by atoms with van der Waals surface area (Å²) in [6.07, 6.45) is 6.16. The SMILES string of the molecule is C=C1[C@@H]2C=C[C@@H]3C(C)=C(C)[C@@]1(C)[C@@H]3C2. The Morgan fingerprint density at radius 1 is 1.36 bits per heavy atom. The van der Waals surface area contributed by atoms with Gasteiger partial charge in [0.15, 0.2) is 0 Å². The Morgan fingerprint density at radius 2 is 2.07 bits per heavy atom. The maximum absolute atomic E-state index is 4.35. The molecule has 0 unspecified atom stereocenters. The molecule has 14 heavy (non-hydrogen) atoms. The summed E-state index contributed by atoms with van der Waals surface area (Å²) >= 11 is 0. The van der Waals surface area contributed by atoms with Gasteiger partial charge in [0.25, 0.3) is 0 Å². The second kappa shape index (κ2) is 2.24. The molecule has 0 spiro atoms. The van der Waals surface area contributed by atoms with Crippen molar-refractivity contribution in [2.75, 3.05) is 0 Å². The van der Waals surface area contributed by atoms with E-state index in [1.807, 2.05) is 0 Å². The van der Waals surface area contributed by atoms with Gasteiger partial charge in [-0.1, -0.05) is 42.4 Å². The highest BCUT2D eigenvalue weighted by molar-refractivity contribution is 5.47. The first-order valence-corrected chi connectivity index (χ1v) is 5.62. The zero-order chi connectivity index (χ0) is 10.1. The monoisotopic (exact) mass is 186 g/mol. The zero-order valence-electron chi connectivity index (χ0n) is 9.30. The molecule has 0 heteroatoms. The van der Waals surface area contributed by atoms with Crippen molar-refractivity contribution in [1.82, 2.24) is 0 Å². The summed E-state index contributed by atoms with van der Waals surface area (Å²) in [4.78, 5) is 0. The minimum atomic E-state index is 0.322. The van der Waals surface area contributed by atoms with Crippen LogP contribution in [-0.4, -0.2) is 0 Å². The number of fused-ring (bicyclic) bond motifs is 1. The maximum Gasteiger partial charge on any atom is 0.0133 e. The van der Waals surface area contributed by atoms with Crippen LogP contribution in [0, 0.1) is 23.2 Å². The molecule has 3 aliphatic carbocycles. The summed E-state index contributed by atoms with van der Waals surface area (Å²) < 4.78 is 0. The Balaban J connectivity index is 2.27. The maximum atomic E-state index is 4.35. The van der Waals surface area contributed by atoms with Crippen molar-refractivity contribution >= 4 is 0 Å². The van der Waals surface area contributed by atoms with Gasteiger partial charge in [-0.05, 0) is 32.1 Å². The molecule has 2 bridgehead atoms. The Morgan fingerprint density at radius 3 is 2.79 bits per heavy atom.